The molecule has 122 valence electrons. The van der Waals surface area contributed by atoms with Gasteiger partial charge in [-0.3, -0.25) is 4.79 Å². The Kier molecular flexibility index (Phi) is 3.30. The highest BCUT2D eigenvalue weighted by atomic mass is 19.1. The van der Waals surface area contributed by atoms with Gasteiger partial charge in [0.2, 0.25) is 0 Å². The maximum atomic E-state index is 13.2. The smallest absolute Gasteiger partial charge is 0.255 e. The van der Waals surface area contributed by atoms with E-state index >= 15 is 0 Å². The molecule has 1 saturated carbocycles. The van der Waals surface area contributed by atoms with Crippen LogP contribution in [-0.4, -0.2) is 13.0 Å². The number of nitrogen functional groups attached to an aromatic ring is 1. The van der Waals surface area contributed by atoms with E-state index in [4.69, 9.17) is 10.2 Å². The van der Waals surface area contributed by atoms with Crippen molar-refractivity contribution in [3.8, 4) is 11.3 Å². The molecule has 0 unspecified atom stereocenters. The number of benzene rings is 2. The van der Waals surface area contributed by atoms with Gasteiger partial charge in [-0.1, -0.05) is 0 Å². The van der Waals surface area contributed by atoms with Crippen LogP contribution < -0.4 is 11.1 Å². The van der Waals surface area contributed by atoms with E-state index < -0.39 is 0 Å². The van der Waals surface area contributed by atoms with Crippen LogP contribution in [0.5, 0.6) is 0 Å². The molecule has 3 aromatic rings. The fraction of sp³-hybridized carbons (Fsp3) is 0.211. The Bertz CT molecular complexity index is 940. The second kappa shape index (κ2) is 5.37. The monoisotopic (exact) mass is 324 g/mol. The maximum Gasteiger partial charge on any atom is 0.255 e. The summed E-state index contributed by atoms with van der Waals surface area (Å²) in [6, 6.07) is 9.64. The van der Waals surface area contributed by atoms with Gasteiger partial charge in [-0.05, 0) is 54.7 Å². The molecule has 1 aliphatic rings. The molecule has 0 bridgehead atoms. The summed E-state index contributed by atoms with van der Waals surface area (Å²) in [4.78, 5) is 12.5. The second-order valence-corrected chi connectivity index (χ2v) is 6.14. The van der Waals surface area contributed by atoms with Gasteiger partial charge in [0.15, 0.2) is 0 Å². The van der Waals surface area contributed by atoms with Crippen molar-refractivity contribution in [2.24, 2.45) is 0 Å². The van der Waals surface area contributed by atoms with Gasteiger partial charge in [0.1, 0.15) is 17.2 Å². The van der Waals surface area contributed by atoms with Crippen molar-refractivity contribution in [3.63, 3.8) is 0 Å². The minimum Gasteiger partial charge on any atom is -0.455 e. The van der Waals surface area contributed by atoms with Crippen LogP contribution in [0.4, 0.5) is 10.1 Å². The van der Waals surface area contributed by atoms with Crippen molar-refractivity contribution in [2.75, 3.05) is 12.8 Å². The van der Waals surface area contributed by atoms with Gasteiger partial charge >= 0.3 is 0 Å². The molecule has 24 heavy (non-hydrogen) atoms. The largest absolute Gasteiger partial charge is 0.455 e. The van der Waals surface area contributed by atoms with Gasteiger partial charge in [-0.2, -0.15) is 0 Å². The molecule has 1 fully saturated rings. The standard InChI is InChI=1S/C19H17FN2O2/c1-22-19(23)17-14-8-13(10-2-3-10)15(21)9-16(14)24-18(17)11-4-6-12(20)7-5-11/h4-10H,2-3,21H2,1H3,(H,22,23). The second-order valence-electron chi connectivity index (χ2n) is 6.14. The summed E-state index contributed by atoms with van der Waals surface area (Å²) >= 11 is 0. The first kappa shape index (κ1) is 14.8. The number of carbonyl (C=O) groups is 1. The lowest BCUT2D eigenvalue weighted by Crippen LogP contribution is -2.18. The minimum absolute atomic E-state index is 0.236. The fourth-order valence-corrected chi connectivity index (χ4v) is 3.08. The first-order chi connectivity index (χ1) is 11.6. The van der Waals surface area contributed by atoms with Crippen molar-refractivity contribution >= 4 is 22.6 Å². The molecule has 1 aliphatic carbocycles. The lowest BCUT2D eigenvalue weighted by Gasteiger charge is -2.05. The number of nitrogens with one attached hydrogen (secondary N) is 1. The van der Waals surface area contributed by atoms with Gasteiger partial charge in [0.25, 0.3) is 5.91 Å². The van der Waals surface area contributed by atoms with Crippen molar-refractivity contribution in [2.45, 2.75) is 18.8 Å². The van der Waals surface area contributed by atoms with E-state index in [2.05, 4.69) is 5.32 Å². The van der Waals surface area contributed by atoms with Crippen molar-refractivity contribution in [1.29, 1.82) is 0 Å². The van der Waals surface area contributed by atoms with Crippen molar-refractivity contribution in [3.05, 3.63) is 53.3 Å². The summed E-state index contributed by atoms with van der Waals surface area (Å²) in [5, 5.41) is 3.40. The summed E-state index contributed by atoms with van der Waals surface area (Å²) in [5.41, 5.74) is 9.57. The Morgan fingerprint density at radius 3 is 2.58 bits per heavy atom. The third kappa shape index (κ3) is 2.33. The summed E-state index contributed by atoms with van der Waals surface area (Å²) in [6.07, 6.45) is 2.24. The highest BCUT2D eigenvalue weighted by Gasteiger charge is 2.28. The molecule has 1 amide bonds. The predicted octanol–water partition coefficient (Wildman–Crippen LogP) is 4.06. The van der Waals surface area contributed by atoms with E-state index in [1.807, 2.05) is 6.07 Å². The van der Waals surface area contributed by atoms with Gasteiger partial charge in [0.05, 0.1) is 5.56 Å². The van der Waals surface area contributed by atoms with Gasteiger partial charge in [0, 0.05) is 29.8 Å². The Labute approximate surface area is 138 Å². The first-order valence-electron chi connectivity index (χ1n) is 7.92. The average molecular weight is 324 g/mol. The molecular formula is C19H17FN2O2. The maximum absolute atomic E-state index is 13.2. The van der Waals surface area contributed by atoms with E-state index in [-0.39, 0.29) is 11.7 Å². The predicted molar refractivity (Wildman–Crippen MR) is 91.4 cm³/mol. The summed E-state index contributed by atoms with van der Waals surface area (Å²) in [6.45, 7) is 0. The van der Waals surface area contributed by atoms with Gasteiger partial charge < -0.3 is 15.5 Å². The topological polar surface area (TPSA) is 68.3 Å². The summed E-state index contributed by atoms with van der Waals surface area (Å²) in [7, 11) is 1.58. The zero-order valence-corrected chi connectivity index (χ0v) is 13.2. The number of amides is 1. The highest BCUT2D eigenvalue weighted by molar-refractivity contribution is 6.11. The molecular weight excluding hydrogens is 307 g/mol. The number of halogens is 1. The van der Waals surface area contributed by atoms with E-state index in [0.29, 0.717) is 34.1 Å². The Balaban J connectivity index is 1.98. The first-order valence-corrected chi connectivity index (χ1v) is 7.92. The molecule has 0 spiro atoms. The molecule has 0 saturated heterocycles. The molecule has 0 atom stereocenters. The molecule has 3 N–H and O–H groups in total. The molecule has 1 heterocycles. The molecule has 2 aromatic carbocycles. The third-order valence-corrected chi connectivity index (χ3v) is 4.47. The quantitative estimate of drug-likeness (QED) is 0.714. The zero-order valence-electron chi connectivity index (χ0n) is 13.2. The lowest BCUT2D eigenvalue weighted by atomic mass is 10.0. The number of fused-ring (bicyclic) bond motifs is 1. The van der Waals surface area contributed by atoms with Crippen LogP contribution in [0.2, 0.25) is 0 Å². The third-order valence-electron chi connectivity index (χ3n) is 4.47. The van der Waals surface area contributed by atoms with E-state index in [1.165, 1.54) is 12.1 Å². The number of furan rings is 1. The molecule has 0 radical (unpaired) electrons. The van der Waals surface area contributed by atoms with Gasteiger partial charge in [-0.15, -0.1) is 0 Å². The zero-order chi connectivity index (χ0) is 16.8. The number of hydrogen-bond donors (Lipinski definition) is 2. The highest BCUT2D eigenvalue weighted by Crippen LogP contribution is 2.45. The molecule has 4 nitrogen and oxygen atoms in total. The minimum atomic E-state index is -0.336. The Morgan fingerprint density at radius 1 is 1.25 bits per heavy atom. The van der Waals surface area contributed by atoms with Crippen LogP contribution in [0.3, 0.4) is 0 Å². The van der Waals surface area contributed by atoms with E-state index in [9.17, 15) is 9.18 Å². The average Bonchev–Trinajstić information content (AvgIpc) is 3.35. The summed E-state index contributed by atoms with van der Waals surface area (Å²) < 4.78 is 19.1. The fourth-order valence-electron chi connectivity index (χ4n) is 3.08. The van der Waals surface area contributed by atoms with E-state index in [0.717, 1.165) is 23.8 Å². The number of anilines is 1. The normalized spacial score (nSPS) is 14.1. The van der Waals surface area contributed by atoms with Crippen LogP contribution in [-0.2, 0) is 0 Å². The molecule has 0 aliphatic heterocycles. The lowest BCUT2D eigenvalue weighted by molar-refractivity contribution is 0.0964. The van der Waals surface area contributed by atoms with Crippen molar-refractivity contribution < 1.29 is 13.6 Å². The van der Waals surface area contributed by atoms with Gasteiger partial charge in [-0.25, -0.2) is 4.39 Å². The Morgan fingerprint density at radius 2 is 1.96 bits per heavy atom. The number of rotatable bonds is 3. The summed E-state index contributed by atoms with van der Waals surface area (Å²) in [5.74, 6) is 0.323. The number of hydrogen-bond acceptors (Lipinski definition) is 3. The SMILES string of the molecule is CNC(=O)c1c(-c2ccc(F)cc2)oc2cc(N)c(C3CC3)cc12. The van der Waals surface area contributed by atoms with E-state index in [1.54, 1.807) is 25.2 Å². The number of nitrogens with two attached hydrogens (primary N) is 1. The number of carbonyl (C=O) groups excluding carboxylic acids is 1. The van der Waals surface area contributed by atoms with Crippen LogP contribution in [0.15, 0.2) is 40.8 Å². The molecule has 1 aromatic heterocycles. The molecule has 4 rings (SSSR count). The van der Waals surface area contributed by atoms with Crippen LogP contribution in [0.25, 0.3) is 22.3 Å². The van der Waals surface area contributed by atoms with Crippen LogP contribution in [0.1, 0.15) is 34.7 Å². The molecule has 5 heteroatoms. The Hall–Kier alpha value is -2.82. The van der Waals surface area contributed by atoms with Crippen molar-refractivity contribution in [1.82, 2.24) is 5.32 Å². The van der Waals surface area contributed by atoms with Crippen LogP contribution >= 0.6 is 0 Å². The van der Waals surface area contributed by atoms with Crippen LogP contribution in [0, 0.1) is 5.82 Å².